The van der Waals surface area contributed by atoms with E-state index in [4.69, 9.17) is 0 Å². The summed E-state index contributed by atoms with van der Waals surface area (Å²) in [6.07, 6.45) is 3.78. The largest absolute Gasteiger partial charge is 0.324 e. The first-order valence-electron chi connectivity index (χ1n) is 7.31. The van der Waals surface area contributed by atoms with Crippen LogP contribution < -0.4 is 5.32 Å². The Labute approximate surface area is 129 Å². The lowest BCUT2D eigenvalue weighted by molar-refractivity contribution is 0.612. The minimum absolute atomic E-state index is 0.0505. The zero-order valence-corrected chi connectivity index (χ0v) is 12.3. The molecule has 1 aromatic heterocycles. The van der Waals surface area contributed by atoms with E-state index in [0.29, 0.717) is 0 Å². The van der Waals surface area contributed by atoms with Crippen LogP contribution in [0.15, 0.2) is 67.0 Å². The molecule has 1 aliphatic heterocycles. The molecule has 0 saturated carbocycles. The van der Waals surface area contributed by atoms with Crippen molar-refractivity contribution < 1.29 is 0 Å². The van der Waals surface area contributed by atoms with Gasteiger partial charge in [0.25, 0.3) is 0 Å². The monoisotopic (exact) mass is 288 g/mol. The van der Waals surface area contributed by atoms with Gasteiger partial charge in [-0.25, -0.2) is 4.68 Å². The Morgan fingerprint density at radius 1 is 1.00 bits per heavy atom. The molecule has 0 radical (unpaired) electrons. The van der Waals surface area contributed by atoms with Crippen LogP contribution in [0.1, 0.15) is 22.7 Å². The van der Waals surface area contributed by atoms with Gasteiger partial charge in [-0.1, -0.05) is 60.2 Å². The summed E-state index contributed by atoms with van der Waals surface area (Å²) in [4.78, 5) is 4.33. The molecule has 4 rings (SSSR count). The van der Waals surface area contributed by atoms with Gasteiger partial charge in [0.15, 0.2) is 0 Å². The Kier molecular flexibility index (Phi) is 3.00. The van der Waals surface area contributed by atoms with Gasteiger partial charge >= 0.3 is 0 Å². The van der Waals surface area contributed by atoms with Crippen molar-refractivity contribution in [2.24, 2.45) is 0 Å². The molecule has 0 unspecified atom stereocenters. The zero-order valence-electron chi connectivity index (χ0n) is 12.3. The third-order valence-electron chi connectivity index (χ3n) is 3.91. The van der Waals surface area contributed by atoms with Crippen LogP contribution >= 0.6 is 0 Å². The number of benzene rings is 2. The number of nitrogens with one attached hydrogen (secondary N) is 1. The number of fused-ring (bicyclic) bond motifs is 1. The highest BCUT2D eigenvalue weighted by atomic mass is 15.4. The average Bonchev–Trinajstić information content (AvgIpc) is 3.04. The van der Waals surface area contributed by atoms with E-state index >= 15 is 0 Å². The van der Waals surface area contributed by atoms with E-state index in [0.717, 1.165) is 17.2 Å². The Morgan fingerprint density at radius 2 is 1.77 bits per heavy atom. The van der Waals surface area contributed by atoms with E-state index in [2.05, 4.69) is 64.8 Å². The average molecular weight is 288 g/mol. The molecule has 0 bridgehead atoms. The number of allylic oxidation sites excluding steroid dienone is 1. The first-order chi connectivity index (χ1) is 10.8. The standard InChI is InChI=1S/C18H16N4/c1-13-7-9-15(10-8-13)17-11-16(14-5-3-2-4-6-14)21-18-19-12-20-22(17)18/h2-12,17H,1H3,(H,19,20,21)/t17-/m1/s1. The van der Waals surface area contributed by atoms with Crippen LogP contribution in [0.2, 0.25) is 0 Å². The summed E-state index contributed by atoms with van der Waals surface area (Å²) >= 11 is 0. The summed E-state index contributed by atoms with van der Waals surface area (Å²) in [5.74, 6) is 0.770. The predicted octanol–water partition coefficient (Wildman–Crippen LogP) is 3.64. The van der Waals surface area contributed by atoms with Gasteiger partial charge in [-0.3, -0.25) is 0 Å². The molecule has 0 amide bonds. The van der Waals surface area contributed by atoms with Crippen LogP contribution in [0.5, 0.6) is 0 Å². The van der Waals surface area contributed by atoms with Crippen LogP contribution in [0.3, 0.4) is 0 Å². The van der Waals surface area contributed by atoms with E-state index in [9.17, 15) is 0 Å². The lowest BCUT2D eigenvalue weighted by Crippen LogP contribution is -2.20. The number of rotatable bonds is 2. The Morgan fingerprint density at radius 3 is 2.55 bits per heavy atom. The van der Waals surface area contributed by atoms with Crippen molar-refractivity contribution in [1.29, 1.82) is 0 Å². The summed E-state index contributed by atoms with van der Waals surface area (Å²) in [7, 11) is 0. The van der Waals surface area contributed by atoms with Crippen molar-refractivity contribution in [1.82, 2.24) is 14.8 Å². The van der Waals surface area contributed by atoms with Gasteiger partial charge < -0.3 is 5.32 Å². The molecule has 3 aromatic rings. The van der Waals surface area contributed by atoms with E-state index < -0.39 is 0 Å². The first-order valence-corrected chi connectivity index (χ1v) is 7.31. The van der Waals surface area contributed by atoms with Crippen molar-refractivity contribution >= 4 is 11.6 Å². The molecule has 1 atom stereocenters. The Balaban J connectivity index is 1.81. The maximum atomic E-state index is 4.36. The van der Waals surface area contributed by atoms with Gasteiger partial charge in [-0.05, 0) is 24.1 Å². The SMILES string of the molecule is Cc1ccc([C@H]2C=C(c3ccccc3)Nc3ncnn32)cc1. The minimum Gasteiger partial charge on any atom is -0.324 e. The second kappa shape index (κ2) is 5.15. The fourth-order valence-corrected chi connectivity index (χ4v) is 2.72. The molecular formula is C18H16N4. The van der Waals surface area contributed by atoms with Gasteiger partial charge in [0.05, 0.1) is 0 Å². The minimum atomic E-state index is 0.0505. The summed E-state index contributed by atoms with van der Waals surface area (Å²) in [6, 6.07) is 18.9. The van der Waals surface area contributed by atoms with Crippen LogP contribution in [0.4, 0.5) is 5.95 Å². The van der Waals surface area contributed by atoms with E-state index in [1.807, 2.05) is 22.9 Å². The lowest BCUT2D eigenvalue weighted by atomic mass is 10.0. The van der Waals surface area contributed by atoms with Crippen LogP contribution in [0, 0.1) is 6.92 Å². The zero-order chi connectivity index (χ0) is 14.9. The summed E-state index contributed by atoms with van der Waals surface area (Å²) in [5.41, 5.74) is 4.66. The number of hydrogen-bond donors (Lipinski definition) is 1. The second-order valence-corrected chi connectivity index (χ2v) is 5.46. The molecule has 4 heteroatoms. The lowest BCUT2D eigenvalue weighted by Gasteiger charge is -2.24. The van der Waals surface area contributed by atoms with E-state index in [1.165, 1.54) is 11.1 Å². The van der Waals surface area contributed by atoms with Crippen LogP contribution in [-0.2, 0) is 0 Å². The number of nitrogens with zero attached hydrogens (tertiary/aromatic N) is 3. The predicted molar refractivity (Wildman–Crippen MR) is 87.4 cm³/mol. The van der Waals surface area contributed by atoms with Crippen molar-refractivity contribution in [3.63, 3.8) is 0 Å². The van der Waals surface area contributed by atoms with Gasteiger partial charge in [-0.2, -0.15) is 10.1 Å². The Hall–Kier alpha value is -2.88. The summed E-state index contributed by atoms with van der Waals surface area (Å²) in [6.45, 7) is 2.10. The van der Waals surface area contributed by atoms with Crippen molar-refractivity contribution in [3.05, 3.63) is 83.7 Å². The van der Waals surface area contributed by atoms with Gasteiger partial charge in [-0.15, -0.1) is 0 Å². The molecule has 1 aliphatic rings. The van der Waals surface area contributed by atoms with E-state index in [1.54, 1.807) is 6.33 Å². The summed E-state index contributed by atoms with van der Waals surface area (Å²) < 4.78 is 1.91. The molecule has 1 N–H and O–H groups in total. The quantitative estimate of drug-likeness (QED) is 0.783. The smallest absolute Gasteiger partial charge is 0.226 e. The first kappa shape index (κ1) is 12.8. The molecule has 22 heavy (non-hydrogen) atoms. The highest BCUT2D eigenvalue weighted by Gasteiger charge is 2.23. The van der Waals surface area contributed by atoms with E-state index in [-0.39, 0.29) is 6.04 Å². The highest BCUT2D eigenvalue weighted by Crippen LogP contribution is 2.31. The molecule has 108 valence electrons. The fourth-order valence-electron chi connectivity index (χ4n) is 2.72. The Bertz CT molecular complexity index is 816. The van der Waals surface area contributed by atoms with Crippen molar-refractivity contribution in [2.75, 3.05) is 5.32 Å². The van der Waals surface area contributed by atoms with Gasteiger partial charge in [0.1, 0.15) is 12.4 Å². The molecule has 0 aliphatic carbocycles. The van der Waals surface area contributed by atoms with Crippen molar-refractivity contribution in [3.8, 4) is 0 Å². The fraction of sp³-hybridized carbons (Fsp3) is 0.111. The normalized spacial score (nSPS) is 16.6. The molecule has 0 saturated heterocycles. The maximum absolute atomic E-state index is 4.36. The summed E-state index contributed by atoms with van der Waals surface area (Å²) in [5, 5.41) is 7.72. The van der Waals surface area contributed by atoms with Gasteiger partial charge in [0.2, 0.25) is 5.95 Å². The maximum Gasteiger partial charge on any atom is 0.226 e. The number of aryl methyl sites for hydroxylation is 1. The molecule has 4 nitrogen and oxygen atoms in total. The third-order valence-corrected chi connectivity index (χ3v) is 3.91. The molecular weight excluding hydrogens is 272 g/mol. The molecule has 2 heterocycles. The number of anilines is 1. The topological polar surface area (TPSA) is 42.7 Å². The van der Waals surface area contributed by atoms with Gasteiger partial charge in [0, 0.05) is 5.70 Å². The van der Waals surface area contributed by atoms with Crippen molar-refractivity contribution in [2.45, 2.75) is 13.0 Å². The highest BCUT2D eigenvalue weighted by molar-refractivity contribution is 5.76. The molecule has 0 fully saturated rings. The molecule has 0 spiro atoms. The number of hydrogen-bond acceptors (Lipinski definition) is 3. The second-order valence-electron chi connectivity index (χ2n) is 5.46. The van der Waals surface area contributed by atoms with Crippen LogP contribution in [-0.4, -0.2) is 14.8 Å². The number of aromatic nitrogens is 3. The van der Waals surface area contributed by atoms with Crippen LogP contribution in [0.25, 0.3) is 5.70 Å². The third kappa shape index (κ3) is 2.19. The molecule has 2 aromatic carbocycles.